The smallest absolute Gasteiger partial charge is 0.405 e. The zero-order chi connectivity index (χ0) is 26.2. The standard InChI is InChI=1S/C21H28F2O11S/c1-3-20(10-12-4-5-13(20)8-12)34-19(27)15-9-14(18(26)33-15)32-17(25)7-6-16(24)31-11(2)21(22,23)35(28,29)30/h11-15H,3-10H2,1-2H3,(H,28,29,30). The van der Waals surface area contributed by atoms with Gasteiger partial charge in [-0.2, -0.15) is 17.2 Å². The summed E-state index contributed by atoms with van der Waals surface area (Å²) in [7, 11) is -5.82. The molecule has 11 nitrogen and oxygen atoms in total. The summed E-state index contributed by atoms with van der Waals surface area (Å²) >= 11 is 0. The zero-order valence-electron chi connectivity index (χ0n) is 19.2. The molecule has 6 atom stereocenters. The van der Waals surface area contributed by atoms with Gasteiger partial charge in [-0.25, -0.2) is 9.59 Å². The molecule has 0 amide bonds. The summed E-state index contributed by atoms with van der Waals surface area (Å²) in [6, 6.07) is 0. The molecule has 0 radical (unpaired) electrons. The molecule has 1 N–H and O–H groups in total. The van der Waals surface area contributed by atoms with Gasteiger partial charge in [0.1, 0.15) is 5.60 Å². The van der Waals surface area contributed by atoms with Crippen LogP contribution in [-0.2, 0) is 48.2 Å². The summed E-state index contributed by atoms with van der Waals surface area (Å²) in [5.41, 5.74) is -0.579. The van der Waals surface area contributed by atoms with E-state index in [1.807, 2.05) is 6.92 Å². The molecular formula is C21H28F2O11S. The first-order valence-corrected chi connectivity index (χ1v) is 12.8. The van der Waals surface area contributed by atoms with Gasteiger partial charge >= 0.3 is 39.2 Å². The predicted molar refractivity (Wildman–Crippen MR) is 110 cm³/mol. The summed E-state index contributed by atoms with van der Waals surface area (Å²) in [6.45, 7) is 2.49. The maximum atomic E-state index is 13.4. The molecule has 3 fully saturated rings. The average Bonchev–Trinajstić information content (AvgIpc) is 3.46. The van der Waals surface area contributed by atoms with Crippen LogP contribution in [0.1, 0.15) is 65.2 Å². The molecule has 2 aliphatic carbocycles. The van der Waals surface area contributed by atoms with Gasteiger partial charge in [0.2, 0.25) is 12.2 Å². The lowest BCUT2D eigenvalue weighted by Gasteiger charge is -2.37. The molecule has 3 aliphatic rings. The van der Waals surface area contributed by atoms with E-state index in [0.717, 1.165) is 25.7 Å². The molecule has 14 heteroatoms. The number of esters is 4. The fourth-order valence-electron chi connectivity index (χ4n) is 5.04. The highest BCUT2D eigenvalue weighted by Crippen LogP contribution is 2.54. The second-order valence-electron chi connectivity index (χ2n) is 9.23. The van der Waals surface area contributed by atoms with E-state index in [2.05, 4.69) is 4.74 Å². The lowest BCUT2D eigenvalue weighted by molar-refractivity contribution is -0.180. The van der Waals surface area contributed by atoms with E-state index in [9.17, 15) is 36.4 Å². The second-order valence-corrected chi connectivity index (χ2v) is 10.7. The van der Waals surface area contributed by atoms with Crippen LogP contribution in [0.4, 0.5) is 8.78 Å². The number of halogens is 2. The molecule has 1 heterocycles. The minimum Gasteiger partial charge on any atom is -0.456 e. The summed E-state index contributed by atoms with van der Waals surface area (Å²) in [5.74, 6) is -3.30. The van der Waals surface area contributed by atoms with E-state index >= 15 is 0 Å². The number of carbonyl (C=O) groups is 4. The van der Waals surface area contributed by atoms with Gasteiger partial charge in [-0.3, -0.25) is 14.1 Å². The van der Waals surface area contributed by atoms with Crippen LogP contribution in [0.5, 0.6) is 0 Å². The van der Waals surface area contributed by atoms with E-state index in [-0.39, 0.29) is 12.3 Å². The lowest BCUT2D eigenvalue weighted by Crippen LogP contribution is -2.42. The topological polar surface area (TPSA) is 160 Å². The number of cyclic esters (lactones) is 1. The van der Waals surface area contributed by atoms with Crippen LogP contribution in [0, 0.1) is 11.8 Å². The molecule has 2 saturated carbocycles. The second kappa shape index (κ2) is 9.96. The lowest BCUT2D eigenvalue weighted by atomic mass is 9.82. The fraction of sp³-hybridized carbons (Fsp3) is 0.810. The predicted octanol–water partition coefficient (Wildman–Crippen LogP) is 1.92. The van der Waals surface area contributed by atoms with E-state index in [1.54, 1.807) is 0 Å². The Bertz CT molecular complexity index is 982. The van der Waals surface area contributed by atoms with Gasteiger partial charge in [-0.05, 0) is 50.9 Å². The SMILES string of the molecule is CCC1(OC(=O)C2CC(OC(=O)CCC(=O)OC(C)C(F)(F)S(=O)(=O)O)C(=O)O2)CC2CCC1C2. The molecule has 0 spiro atoms. The van der Waals surface area contributed by atoms with E-state index in [1.165, 1.54) is 0 Å². The van der Waals surface area contributed by atoms with Crippen LogP contribution in [0.3, 0.4) is 0 Å². The van der Waals surface area contributed by atoms with Crippen LogP contribution in [-0.4, -0.2) is 66.0 Å². The Kier molecular flexibility index (Phi) is 7.75. The van der Waals surface area contributed by atoms with Crippen molar-refractivity contribution in [2.24, 2.45) is 11.8 Å². The first-order chi connectivity index (χ1) is 16.2. The summed E-state index contributed by atoms with van der Waals surface area (Å²) in [6.07, 6.45) is -2.37. The molecule has 0 aromatic rings. The maximum Gasteiger partial charge on any atom is 0.405 e. The fourth-order valence-corrected chi connectivity index (χ4v) is 5.51. The molecule has 6 unspecified atom stereocenters. The molecule has 0 aromatic heterocycles. The summed E-state index contributed by atoms with van der Waals surface area (Å²) in [5, 5.41) is -4.74. The number of rotatable bonds is 10. The molecular weight excluding hydrogens is 498 g/mol. The Balaban J connectivity index is 1.45. The number of ether oxygens (including phenoxy) is 4. The van der Waals surface area contributed by atoms with Crippen molar-refractivity contribution >= 4 is 34.0 Å². The van der Waals surface area contributed by atoms with E-state index < -0.39 is 76.0 Å². The van der Waals surface area contributed by atoms with Gasteiger partial charge in [0.25, 0.3) is 0 Å². The third-order valence-electron chi connectivity index (χ3n) is 6.97. The van der Waals surface area contributed by atoms with Crippen molar-refractivity contribution in [2.75, 3.05) is 0 Å². The normalized spacial score (nSPS) is 31.1. The van der Waals surface area contributed by atoms with Crippen LogP contribution < -0.4 is 0 Å². The van der Waals surface area contributed by atoms with Gasteiger partial charge in [-0.1, -0.05) is 6.92 Å². The molecule has 0 aromatic carbocycles. The monoisotopic (exact) mass is 526 g/mol. The van der Waals surface area contributed by atoms with Crippen molar-refractivity contribution in [1.29, 1.82) is 0 Å². The van der Waals surface area contributed by atoms with Crippen molar-refractivity contribution in [3.05, 3.63) is 0 Å². The highest BCUT2D eigenvalue weighted by molar-refractivity contribution is 7.86. The van der Waals surface area contributed by atoms with Crippen LogP contribution in [0.25, 0.3) is 0 Å². The van der Waals surface area contributed by atoms with Gasteiger partial charge < -0.3 is 18.9 Å². The highest BCUT2D eigenvalue weighted by Gasteiger charge is 2.54. The third-order valence-corrected chi connectivity index (χ3v) is 7.99. The van der Waals surface area contributed by atoms with Crippen molar-refractivity contribution in [2.45, 2.75) is 94.4 Å². The quantitative estimate of drug-likeness (QED) is 0.252. The van der Waals surface area contributed by atoms with Gasteiger partial charge in [-0.15, -0.1) is 0 Å². The third kappa shape index (κ3) is 5.74. The number of hydrogen-bond acceptors (Lipinski definition) is 10. The molecule has 198 valence electrons. The summed E-state index contributed by atoms with van der Waals surface area (Å²) < 4.78 is 76.7. The Morgan fingerprint density at radius 1 is 1.20 bits per heavy atom. The minimum absolute atomic E-state index is 0.265. The Morgan fingerprint density at radius 3 is 2.40 bits per heavy atom. The van der Waals surface area contributed by atoms with Gasteiger partial charge in [0.15, 0.2) is 6.10 Å². The number of fused-ring (bicyclic) bond motifs is 2. The number of carbonyl (C=O) groups excluding carboxylic acids is 4. The average molecular weight is 527 g/mol. The molecule has 1 aliphatic heterocycles. The van der Waals surface area contributed by atoms with Crippen molar-refractivity contribution < 1.29 is 59.9 Å². The maximum absolute atomic E-state index is 13.4. The Hall–Kier alpha value is -2.35. The number of alkyl halides is 2. The van der Waals surface area contributed by atoms with Crippen molar-refractivity contribution in [3.8, 4) is 0 Å². The summed E-state index contributed by atoms with van der Waals surface area (Å²) in [4.78, 5) is 48.4. The van der Waals surface area contributed by atoms with Crippen molar-refractivity contribution in [1.82, 2.24) is 0 Å². The minimum atomic E-state index is -5.82. The first kappa shape index (κ1) is 27.2. The molecule has 35 heavy (non-hydrogen) atoms. The molecule has 3 rings (SSSR count). The van der Waals surface area contributed by atoms with Crippen LogP contribution in [0.2, 0.25) is 0 Å². The van der Waals surface area contributed by atoms with Crippen LogP contribution >= 0.6 is 0 Å². The van der Waals surface area contributed by atoms with Crippen LogP contribution in [0.15, 0.2) is 0 Å². The Labute approximate surface area is 200 Å². The highest BCUT2D eigenvalue weighted by atomic mass is 32.2. The Morgan fingerprint density at radius 2 is 1.86 bits per heavy atom. The number of hydrogen-bond donors (Lipinski definition) is 1. The first-order valence-electron chi connectivity index (χ1n) is 11.4. The largest absolute Gasteiger partial charge is 0.456 e. The van der Waals surface area contributed by atoms with Crippen molar-refractivity contribution in [3.63, 3.8) is 0 Å². The molecule has 2 bridgehead atoms. The van der Waals surface area contributed by atoms with E-state index in [4.69, 9.17) is 18.8 Å². The molecule has 1 saturated heterocycles. The van der Waals surface area contributed by atoms with Gasteiger partial charge in [0.05, 0.1) is 12.8 Å². The zero-order valence-corrected chi connectivity index (χ0v) is 20.1. The van der Waals surface area contributed by atoms with E-state index in [0.29, 0.717) is 19.3 Å². The van der Waals surface area contributed by atoms with Gasteiger partial charge in [0, 0.05) is 6.42 Å².